The Labute approximate surface area is 136 Å². The number of rotatable bonds is 5. The van der Waals surface area contributed by atoms with Gasteiger partial charge in [0, 0.05) is 18.3 Å². The second kappa shape index (κ2) is 8.58. The number of amides is 1. The lowest BCUT2D eigenvalue weighted by atomic mass is 10.1. The minimum absolute atomic E-state index is 0.0775. The van der Waals surface area contributed by atoms with Crippen LogP contribution < -0.4 is 16.0 Å². The first-order valence-corrected chi connectivity index (χ1v) is 7.61. The van der Waals surface area contributed by atoms with Gasteiger partial charge in [0.05, 0.1) is 13.1 Å². The van der Waals surface area contributed by atoms with Gasteiger partial charge in [0.15, 0.2) is 5.96 Å². The van der Waals surface area contributed by atoms with E-state index in [1.54, 1.807) is 12.3 Å². The van der Waals surface area contributed by atoms with Crippen LogP contribution in [0, 0.1) is 0 Å². The van der Waals surface area contributed by atoms with E-state index < -0.39 is 0 Å². The fraction of sp³-hybridized carbons (Fsp3) is 0.533. The van der Waals surface area contributed by atoms with Crippen molar-refractivity contribution in [3.8, 4) is 0 Å². The Morgan fingerprint density at radius 1 is 1.32 bits per heavy atom. The van der Waals surface area contributed by atoms with Crippen LogP contribution in [-0.4, -0.2) is 35.5 Å². The molecule has 0 aliphatic heterocycles. The van der Waals surface area contributed by atoms with Gasteiger partial charge in [-0.2, -0.15) is 0 Å². The van der Waals surface area contributed by atoms with Gasteiger partial charge in [0.2, 0.25) is 5.91 Å². The Morgan fingerprint density at radius 3 is 2.59 bits per heavy atom. The van der Waals surface area contributed by atoms with E-state index in [-0.39, 0.29) is 18.0 Å². The summed E-state index contributed by atoms with van der Waals surface area (Å²) in [6.45, 7) is 9.14. The molecule has 1 aromatic rings. The van der Waals surface area contributed by atoms with Crippen LogP contribution in [0.3, 0.4) is 0 Å². The number of aliphatic imine (C=N–C) groups is 1. The Balaban J connectivity index is 2.55. The number of hydrogen-bond acceptors (Lipinski definition) is 3. The predicted molar refractivity (Wildman–Crippen MR) is 90.0 cm³/mol. The van der Waals surface area contributed by atoms with E-state index in [4.69, 9.17) is 11.6 Å². The number of halogens is 1. The monoisotopic (exact) mass is 325 g/mol. The van der Waals surface area contributed by atoms with Crippen LogP contribution in [0.5, 0.6) is 0 Å². The van der Waals surface area contributed by atoms with Crippen LogP contribution >= 0.6 is 11.6 Å². The molecule has 7 heteroatoms. The third-order valence-electron chi connectivity index (χ3n) is 2.48. The molecule has 0 spiro atoms. The van der Waals surface area contributed by atoms with E-state index in [0.717, 1.165) is 5.56 Å². The highest BCUT2D eigenvalue weighted by atomic mass is 35.5. The average Bonchev–Trinajstić information content (AvgIpc) is 2.42. The highest BCUT2D eigenvalue weighted by Crippen LogP contribution is 2.06. The zero-order valence-electron chi connectivity index (χ0n) is 13.5. The van der Waals surface area contributed by atoms with Crippen LogP contribution in [0.2, 0.25) is 5.15 Å². The average molecular weight is 326 g/mol. The first-order valence-electron chi connectivity index (χ1n) is 7.24. The Bertz CT molecular complexity index is 508. The molecule has 3 N–H and O–H groups in total. The van der Waals surface area contributed by atoms with Gasteiger partial charge in [-0.25, -0.2) is 9.98 Å². The minimum atomic E-state index is -0.247. The van der Waals surface area contributed by atoms with Gasteiger partial charge in [0.1, 0.15) is 5.15 Å². The molecule has 0 bridgehead atoms. The molecule has 0 fully saturated rings. The SMILES string of the molecule is CCNC(=NCc1ccc(Cl)nc1)NCC(=O)NC(C)(C)C. The molecule has 0 aliphatic rings. The molecule has 0 radical (unpaired) electrons. The molecule has 1 rings (SSSR count). The first kappa shape index (κ1) is 18.2. The van der Waals surface area contributed by atoms with Crippen molar-refractivity contribution in [2.45, 2.75) is 39.8 Å². The number of aromatic nitrogens is 1. The van der Waals surface area contributed by atoms with Crippen molar-refractivity contribution in [1.82, 2.24) is 20.9 Å². The summed E-state index contributed by atoms with van der Waals surface area (Å²) in [4.78, 5) is 20.2. The summed E-state index contributed by atoms with van der Waals surface area (Å²) in [6.07, 6.45) is 1.68. The quantitative estimate of drug-likeness (QED) is 0.437. The number of carbonyl (C=O) groups excluding carboxylic acids is 1. The minimum Gasteiger partial charge on any atom is -0.357 e. The molecule has 0 atom stereocenters. The molecule has 0 aromatic carbocycles. The molecule has 6 nitrogen and oxygen atoms in total. The highest BCUT2D eigenvalue weighted by Gasteiger charge is 2.13. The maximum absolute atomic E-state index is 11.8. The third kappa shape index (κ3) is 7.83. The van der Waals surface area contributed by atoms with Crippen molar-refractivity contribution in [1.29, 1.82) is 0 Å². The molecule has 0 saturated heterocycles. The lowest BCUT2D eigenvalue weighted by molar-refractivity contribution is -0.121. The lowest BCUT2D eigenvalue weighted by Crippen LogP contribution is -2.48. The van der Waals surface area contributed by atoms with Gasteiger partial charge >= 0.3 is 0 Å². The van der Waals surface area contributed by atoms with Gasteiger partial charge in [-0.1, -0.05) is 17.7 Å². The molecule has 0 saturated carbocycles. The molecule has 1 aromatic heterocycles. The normalized spacial score (nSPS) is 12.0. The van der Waals surface area contributed by atoms with E-state index in [0.29, 0.717) is 24.2 Å². The summed E-state index contributed by atoms with van der Waals surface area (Å²) < 4.78 is 0. The van der Waals surface area contributed by atoms with Crippen LogP contribution in [0.25, 0.3) is 0 Å². The maximum atomic E-state index is 11.8. The molecule has 1 amide bonds. The van der Waals surface area contributed by atoms with Crippen molar-refractivity contribution < 1.29 is 4.79 Å². The summed E-state index contributed by atoms with van der Waals surface area (Å²) in [5.74, 6) is 0.507. The zero-order valence-corrected chi connectivity index (χ0v) is 14.3. The first-order chi connectivity index (χ1) is 10.3. The molecule has 1 heterocycles. The summed E-state index contributed by atoms with van der Waals surface area (Å²) in [5, 5.41) is 9.44. The number of hydrogen-bond donors (Lipinski definition) is 3. The van der Waals surface area contributed by atoms with Crippen molar-refractivity contribution in [3.05, 3.63) is 29.0 Å². The standard InChI is InChI=1S/C15H24ClN5O/c1-5-17-14(20-10-13(22)21-15(2,3)4)19-9-11-6-7-12(16)18-8-11/h6-8H,5,9-10H2,1-4H3,(H,21,22)(H2,17,19,20). The summed E-state index contributed by atoms with van der Waals surface area (Å²) in [7, 11) is 0. The maximum Gasteiger partial charge on any atom is 0.239 e. The molecule has 122 valence electrons. The van der Waals surface area contributed by atoms with Gasteiger partial charge in [0.25, 0.3) is 0 Å². The van der Waals surface area contributed by atoms with Crippen LogP contribution in [0.4, 0.5) is 0 Å². The van der Waals surface area contributed by atoms with E-state index >= 15 is 0 Å². The summed E-state index contributed by atoms with van der Waals surface area (Å²) >= 11 is 5.75. The Hall–Kier alpha value is -1.82. The smallest absolute Gasteiger partial charge is 0.239 e. The van der Waals surface area contributed by atoms with Crippen molar-refractivity contribution in [3.63, 3.8) is 0 Å². The second-order valence-corrected chi connectivity index (χ2v) is 6.22. The van der Waals surface area contributed by atoms with Gasteiger partial charge in [-0.3, -0.25) is 4.79 Å². The summed E-state index contributed by atoms with van der Waals surface area (Å²) in [6, 6.07) is 3.60. The van der Waals surface area contributed by atoms with Crippen molar-refractivity contribution >= 4 is 23.5 Å². The van der Waals surface area contributed by atoms with Crippen LogP contribution in [0.1, 0.15) is 33.3 Å². The number of nitrogens with zero attached hydrogens (tertiary/aromatic N) is 2. The number of carbonyl (C=O) groups is 1. The molecule has 22 heavy (non-hydrogen) atoms. The highest BCUT2D eigenvalue weighted by molar-refractivity contribution is 6.29. The molecular weight excluding hydrogens is 302 g/mol. The van der Waals surface area contributed by atoms with E-state index in [1.807, 2.05) is 33.8 Å². The van der Waals surface area contributed by atoms with Gasteiger partial charge < -0.3 is 16.0 Å². The third-order valence-corrected chi connectivity index (χ3v) is 2.71. The number of nitrogens with one attached hydrogen (secondary N) is 3. The Kier molecular flexibility index (Phi) is 7.11. The number of guanidine groups is 1. The second-order valence-electron chi connectivity index (χ2n) is 5.84. The molecule has 0 aliphatic carbocycles. The van der Waals surface area contributed by atoms with E-state index in [1.165, 1.54) is 0 Å². The lowest BCUT2D eigenvalue weighted by Gasteiger charge is -2.21. The van der Waals surface area contributed by atoms with E-state index in [2.05, 4.69) is 25.9 Å². The molecular formula is C15H24ClN5O. The van der Waals surface area contributed by atoms with Crippen molar-refractivity contribution in [2.24, 2.45) is 4.99 Å². The number of pyridine rings is 1. The predicted octanol–water partition coefficient (Wildman–Crippen LogP) is 1.70. The summed E-state index contributed by atoms with van der Waals surface area (Å²) in [5.41, 5.74) is 0.698. The van der Waals surface area contributed by atoms with Gasteiger partial charge in [-0.15, -0.1) is 0 Å². The largest absolute Gasteiger partial charge is 0.357 e. The fourth-order valence-corrected chi connectivity index (χ4v) is 1.75. The fourth-order valence-electron chi connectivity index (χ4n) is 1.64. The Morgan fingerprint density at radius 2 is 2.05 bits per heavy atom. The molecule has 0 unspecified atom stereocenters. The zero-order chi connectivity index (χ0) is 16.6. The van der Waals surface area contributed by atoms with E-state index in [9.17, 15) is 4.79 Å². The van der Waals surface area contributed by atoms with Crippen LogP contribution in [0.15, 0.2) is 23.3 Å². The van der Waals surface area contributed by atoms with Crippen LogP contribution in [-0.2, 0) is 11.3 Å². The van der Waals surface area contributed by atoms with Crippen molar-refractivity contribution in [2.75, 3.05) is 13.1 Å². The topological polar surface area (TPSA) is 78.4 Å². The van der Waals surface area contributed by atoms with Gasteiger partial charge in [-0.05, 0) is 39.3 Å².